The Morgan fingerprint density at radius 2 is 2.30 bits per heavy atom. The number of thiazole rings is 1. The van der Waals surface area contributed by atoms with Crippen LogP contribution in [0.2, 0.25) is 0 Å². The van der Waals surface area contributed by atoms with Crippen molar-refractivity contribution in [3.63, 3.8) is 0 Å². The van der Waals surface area contributed by atoms with E-state index in [1.54, 1.807) is 17.5 Å². The highest BCUT2D eigenvalue weighted by atomic mass is 79.9. The molecule has 2 rings (SSSR count). The first-order chi connectivity index (χ1) is 9.56. The molecule has 3 N–H and O–H groups in total. The van der Waals surface area contributed by atoms with E-state index in [9.17, 15) is 8.78 Å². The Hall–Kier alpha value is -1.74. The third-order valence-corrected chi connectivity index (χ3v) is 3.56. The van der Waals surface area contributed by atoms with Gasteiger partial charge in [0.25, 0.3) is 0 Å². The number of rotatable bonds is 5. The lowest BCUT2D eigenvalue weighted by molar-refractivity contribution is -0.0499. The monoisotopic (exact) mass is 362 g/mol. The number of hydrogen-bond donors (Lipinski definition) is 2. The van der Waals surface area contributed by atoms with Crippen LogP contribution in [0.3, 0.4) is 0 Å². The maximum atomic E-state index is 12.3. The molecule has 0 atom stereocenters. The Labute approximate surface area is 125 Å². The van der Waals surface area contributed by atoms with Crippen LogP contribution in [0, 0.1) is 0 Å². The maximum Gasteiger partial charge on any atom is 0.387 e. The van der Waals surface area contributed by atoms with Crippen molar-refractivity contribution in [2.45, 2.75) is 6.61 Å². The Morgan fingerprint density at radius 1 is 1.50 bits per heavy atom. The number of anilines is 2. The third kappa shape index (κ3) is 3.87. The number of nitrogen functional groups attached to an aromatic ring is 1. The fraction of sp³-hybridized carbons (Fsp3) is 0.0909. The zero-order chi connectivity index (χ0) is 14.5. The molecule has 0 aliphatic heterocycles. The highest BCUT2D eigenvalue weighted by molar-refractivity contribution is 9.10. The summed E-state index contributed by atoms with van der Waals surface area (Å²) in [4.78, 5) is 3.94. The zero-order valence-electron chi connectivity index (χ0n) is 9.89. The molecule has 0 bridgehead atoms. The summed E-state index contributed by atoms with van der Waals surface area (Å²) in [6.45, 7) is -2.90. The van der Waals surface area contributed by atoms with E-state index in [1.807, 2.05) is 0 Å². The molecule has 2 aromatic rings. The molecule has 20 heavy (non-hydrogen) atoms. The fourth-order valence-electron chi connectivity index (χ4n) is 1.33. The zero-order valence-corrected chi connectivity index (χ0v) is 12.3. The normalized spacial score (nSPS) is 11.2. The smallest absolute Gasteiger partial charge is 0.387 e. The maximum absolute atomic E-state index is 12.3. The Morgan fingerprint density at radius 3 is 2.95 bits per heavy atom. The summed E-state index contributed by atoms with van der Waals surface area (Å²) in [7, 11) is 0. The molecule has 0 saturated carbocycles. The molecule has 0 aliphatic rings. The standard InChI is InChI=1S/C11H9BrF2N4OS/c12-7-2-1-3-8(19-10(13)14)6(7)4-16-18-11-17-9(15)5-20-11/h1-5,10H,15H2,(H,17,18). The molecular weight excluding hydrogens is 354 g/mol. The van der Waals surface area contributed by atoms with Crippen molar-refractivity contribution in [1.82, 2.24) is 4.98 Å². The first-order valence-corrected chi connectivity index (χ1v) is 6.97. The van der Waals surface area contributed by atoms with Gasteiger partial charge >= 0.3 is 6.61 Å². The summed E-state index contributed by atoms with van der Waals surface area (Å²) < 4.78 is 29.6. The number of benzene rings is 1. The lowest BCUT2D eigenvalue weighted by Gasteiger charge is -2.08. The minimum absolute atomic E-state index is 0.0265. The summed E-state index contributed by atoms with van der Waals surface area (Å²) >= 11 is 4.53. The molecule has 1 aromatic carbocycles. The summed E-state index contributed by atoms with van der Waals surface area (Å²) in [6.07, 6.45) is 1.36. The lowest BCUT2D eigenvalue weighted by Crippen LogP contribution is -2.05. The minimum atomic E-state index is -2.90. The van der Waals surface area contributed by atoms with E-state index in [0.717, 1.165) is 0 Å². The first kappa shape index (κ1) is 14.7. The van der Waals surface area contributed by atoms with Crippen LogP contribution in [0.4, 0.5) is 19.7 Å². The molecule has 0 amide bonds. The van der Waals surface area contributed by atoms with Gasteiger partial charge in [-0.2, -0.15) is 13.9 Å². The van der Waals surface area contributed by atoms with Crippen LogP contribution in [0.15, 0.2) is 33.2 Å². The van der Waals surface area contributed by atoms with E-state index in [1.165, 1.54) is 23.6 Å². The second-order valence-corrected chi connectivity index (χ2v) is 5.19. The number of ether oxygens (including phenoxy) is 1. The van der Waals surface area contributed by atoms with Gasteiger partial charge in [-0.25, -0.2) is 4.98 Å². The third-order valence-electron chi connectivity index (χ3n) is 2.10. The van der Waals surface area contributed by atoms with Crippen molar-refractivity contribution >= 4 is 44.4 Å². The van der Waals surface area contributed by atoms with E-state index in [-0.39, 0.29) is 5.75 Å². The van der Waals surface area contributed by atoms with Crippen molar-refractivity contribution in [2.24, 2.45) is 5.10 Å². The number of halogens is 3. The largest absolute Gasteiger partial charge is 0.434 e. The summed E-state index contributed by atoms with van der Waals surface area (Å²) in [6, 6.07) is 4.72. The topological polar surface area (TPSA) is 72.5 Å². The highest BCUT2D eigenvalue weighted by Crippen LogP contribution is 2.26. The minimum Gasteiger partial charge on any atom is -0.434 e. The van der Waals surface area contributed by atoms with E-state index >= 15 is 0 Å². The van der Waals surface area contributed by atoms with Crippen LogP contribution in [-0.2, 0) is 0 Å². The van der Waals surface area contributed by atoms with Gasteiger partial charge in [0.05, 0.1) is 11.8 Å². The SMILES string of the molecule is Nc1csc(NN=Cc2c(Br)cccc2OC(F)F)n1. The molecule has 106 valence electrons. The van der Waals surface area contributed by atoms with Crippen molar-refractivity contribution in [2.75, 3.05) is 11.2 Å². The molecule has 1 aromatic heterocycles. The van der Waals surface area contributed by atoms with Crippen molar-refractivity contribution in [3.8, 4) is 5.75 Å². The molecule has 0 aliphatic carbocycles. The van der Waals surface area contributed by atoms with Gasteiger partial charge in [-0.3, -0.25) is 5.43 Å². The molecule has 0 fully saturated rings. The number of aromatic nitrogens is 1. The van der Waals surface area contributed by atoms with Gasteiger partial charge < -0.3 is 10.5 Å². The van der Waals surface area contributed by atoms with E-state index < -0.39 is 6.61 Å². The second-order valence-electron chi connectivity index (χ2n) is 3.48. The quantitative estimate of drug-likeness (QED) is 0.630. The van der Waals surface area contributed by atoms with Gasteiger partial charge in [0.2, 0.25) is 5.13 Å². The van der Waals surface area contributed by atoms with Gasteiger partial charge in [-0.1, -0.05) is 6.07 Å². The number of nitrogens with one attached hydrogen (secondary N) is 1. The van der Waals surface area contributed by atoms with Crippen LogP contribution < -0.4 is 15.9 Å². The molecule has 5 nitrogen and oxygen atoms in total. The molecular formula is C11H9BrF2N4OS. The number of hydrazone groups is 1. The predicted molar refractivity (Wildman–Crippen MR) is 78.5 cm³/mol. The number of nitrogens with two attached hydrogens (primary N) is 1. The number of hydrogen-bond acceptors (Lipinski definition) is 6. The predicted octanol–water partition coefficient (Wildman–Crippen LogP) is 3.54. The Bertz CT molecular complexity index is 620. The van der Waals surface area contributed by atoms with Gasteiger partial charge in [-0.05, 0) is 28.1 Å². The summed E-state index contributed by atoms with van der Waals surface area (Å²) in [5.74, 6) is 0.411. The highest BCUT2D eigenvalue weighted by Gasteiger charge is 2.10. The van der Waals surface area contributed by atoms with Gasteiger partial charge in [0.15, 0.2) is 0 Å². The molecule has 0 unspecified atom stereocenters. The van der Waals surface area contributed by atoms with Crippen LogP contribution in [0.25, 0.3) is 0 Å². The van der Waals surface area contributed by atoms with Crippen molar-refractivity contribution in [3.05, 3.63) is 33.6 Å². The van der Waals surface area contributed by atoms with E-state index in [0.29, 0.717) is 21.0 Å². The fourth-order valence-corrected chi connectivity index (χ4v) is 2.33. The van der Waals surface area contributed by atoms with E-state index in [4.69, 9.17) is 5.73 Å². The van der Waals surface area contributed by atoms with Crippen LogP contribution >= 0.6 is 27.3 Å². The molecule has 0 saturated heterocycles. The van der Waals surface area contributed by atoms with Gasteiger partial charge in [0, 0.05) is 9.85 Å². The number of alkyl halides is 2. The molecule has 0 radical (unpaired) electrons. The summed E-state index contributed by atoms with van der Waals surface area (Å²) in [5.41, 5.74) is 8.51. The molecule has 1 heterocycles. The molecule has 9 heteroatoms. The summed E-state index contributed by atoms with van der Waals surface area (Å²) in [5, 5.41) is 6.07. The average molecular weight is 363 g/mol. The Balaban J connectivity index is 2.15. The molecule has 0 spiro atoms. The van der Waals surface area contributed by atoms with Crippen LogP contribution in [-0.4, -0.2) is 17.8 Å². The second kappa shape index (κ2) is 6.62. The van der Waals surface area contributed by atoms with Crippen LogP contribution in [0.1, 0.15) is 5.56 Å². The van der Waals surface area contributed by atoms with Crippen molar-refractivity contribution in [1.29, 1.82) is 0 Å². The first-order valence-electron chi connectivity index (χ1n) is 5.29. The average Bonchev–Trinajstić information content (AvgIpc) is 2.78. The van der Waals surface area contributed by atoms with Crippen molar-refractivity contribution < 1.29 is 13.5 Å². The van der Waals surface area contributed by atoms with E-state index in [2.05, 4.69) is 36.2 Å². The lowest BCUT2D eigenvalue weighted by atomic mass is 10.2. The van der Waals surface area contributed by atoms with Crippen LogP contribution in [0.5, 0.6) is 5.75 Å². The van der Waals surface area contributed by atoms with Gasteiger partial charge in [-0.15, -0.1) is 11.3 Å². The van der Waals surface area contributed by atoms with Gasteiger partial charge in [0.1, 0.15) is 11.6 Å². The Kier molecular flexibility index (Phi) is 4.85. The number of nitrogens with zero attached hydrogens (tertiary/aromatic N) is 2.